The van der Waals surface area contributed by atoms with Crippen LogP contribution in [-0.2, 0) is 21.3 Å². The van der Waals surface area contributed by atoms with Crippen LogP contribution in [0.25, 0.3) is 0 Å². The van der Waals surface area contributed by atoms with Crippen molar-refractivity contribution in [3.05, 3.63) is 58.6 Å². The number of carbonyl (C=O) groups excluding carboxylic acids is 1. The molecular weight excluding hydrogens is 402 g/mol. The van der Waals surface area contributed by atoms with Gasteiger partial charge in [0, 0.05) is 25.3 Å². The second kappa shape index (κ2) is 9.02. The molecule has 150 valence electrons. The molecular formula is C19H22ClN3O4S. The number of anilines is 1. The lowest BCUT2D eigenvalue weighted by Crippen LogP contribution is -2.35. The van der Waals surface area contributed by atoms with Gasteiger partial charge < -0.3 is 10.1 Å². The number of amides is 1. The number of nitrogens with zero attached hydrogens (tertiary/aromatic N) is 1. The van der Waals surface area contributed by atoms with Gasteiger partial charge in [-0.3, -0.25) is 9.69 Å². The molecule has 2 N–H and O–H groups in total. The van der Waals surface area contributed by atoms with E-state index in [9.17, 15) is 13.2 Å². The van der Waals surface area contributed by atoms with Crippen LogP contribution < -0.4 is 10.0 Å². The predicted molar refractivity (Wildman–Crippen MR) is 108 cm³/mol. The van der Waals surface area contributed by atoms with Gasteiger partial charge in [-0.1, -0.05) is 23.7 Å². The van der Waals surface area contributed by atoms with Crippen LogP contribution in [0.15, 0.2) is 47.4 Å². The molecule has 0 aliphatic carbocycles. The van der Waals surface area contributed by atoms with Gasteiger partial charge in [0.25, 0.3) is 5.91 Å². The SMILES string of the molecule is CNS(=O)(=O)c1ccc(Cl)c(C(=O)Nc2cccc(CN3CCOCC3)c2)c1. The van der Waals surface area contributed by atoms with Crippen LogP contribution in [0.5, 0.6) is 0 Å². The quantitative estimate of drug-likeness (QED) is 0.744. The van der Waals surface area contributed by atoms with Gasteiger partial charge in [-0.2, -0.15) is 0 Å². The van der Waals surface area contributed by atoms with E-state index >= 15 is 0 Å². The van der Waals surface area contributed by atoms with Crippen LogP contribution in [0.4, 0.5) is 5.69 Å². The average molecular weight is 424 g/mol. The fraction of sp³-hybridized carbons (Fsp3) is 0.316. The van der Waals surface area contributed by atoms with Gasteiger partial charge in [0.2, 0.25) is 10.0 Å². The highest BCUT2D eigenvalue weighted by Gasteiger charge is 2.18. The Balaban J connectivity index is 1.76. The van der Waals surface area contributed by atoms with E-state index in [1.165, 1.54) is 25.2 Å². The Hall–Kier alpha value is -1.97. The molecule has 0 bridgehead atoms. The summed E-state index contributed by atoms with van der Waals surface area (Å²) in [7, 11) is -2.36. The summed E-state index contributed by atoms with van der Waals surface area (Å²) >= 11 is 6.12. The van der Waals surface area contributed by atoms with E-state index in [-0.39, 0.29) is 15.5 Å². The number of carbonyl (C=O) groups is 1. The van der Waals surface area contributed by atoms with Gasteiger partial charge in [-0.25, -0.2) is 13.1 Å². The first-order valence-electron chi connectivity index (χ1n) is 8.82. The fourth-order valence-corrected chi connectivity index (χ4v) is 3.89. The fourth-order valence-electron chi connectivity index (χ4n) is 2.93. The molecule has 7 nitrogen and oxygen atoms in total. The molecule has 0 saturated carbocycles. The molecule has 0 unspecified atom stereocenters. The minimum Gasteiger partial charge on any atom is -0.379 e. The second-order valence-electron chi connectivity index (χ2n) is 6.39. The van der Waals surface area contributed by atoms with E-state index in [2.05, 4.69) is 14.9 Å². The summed E-state index contributed by atoms with van der Waals surface area (Å²) in [4.78, 5) is 14.9. The van der Waals surface area contributed by atoms with E-state index in [1.807, 2.05) is 18.2 Å². The van der Waals surface area contributed by atoms with Crippen LogP contribution in [0.2, 0.25) is 5.02 Å². The molecule has 3 rings (SSSR count). The highest BCUT2D eigenvalue weighted by atomic mass is 35.5. The topological polar surface area (TPSA) is 87.7 Å². The first-order valence-corrected chi connectivity index (χ1v) is 10.7. The van der Waals surface area contributed by atoms with Gasteiger partial charge >= 0.3 is 0 Å². The molecule has 1 heterocycles. The van der Waals surface area contributed by atoms with E-state index in [0.717, 1.165) is 38.4 Å². The minimum absolute atomic E-state index is 0.0226. The molecule has 1 fully saturated rings. The lowest BCUT2D eigenvalue weighted by Gasteiger charge is -2.26. The van der Waals surface area contributed by atoms with Crippen LogP contribution in [0, 0.1) is 0 Å². The standard InChI is InChI=1S/C19H22ClN3O4S/c1-21-28(25,26)16-5-6-18(20)17(12-16)19(24)22-15-4-2-3-14(11-15)13-23-7-9-27-10-8-23/h2-6,11-12,21H,7-10,13H2,1H3,(H,22,24). The maximum Gasteiger partial charge on any atom is 0.257 e. The summed E-state index contributed by atoms with van der Waals surface area (Å²) in [5.41, 5.74) is 1.78. The molecule has 28 heavy (non-hydrogen) atoms. The summed E-state index contributed by atoms with van der Waals surface area (Å²) in [6, 6.07) is 11.6. The normalized spacial score (nSPS) is 15.4. The van der Waals surface area contributed by atoms with Crippen molar-refractivity contribution < 1.29 is 17.9 Å². The zero-order valence-electron chi connectivity index (χ0n) is 15.4. The maximum absolute atomic E-state index is 12.7. The first kappa shape index (κ1) is 20.8. The molecule has 2 aromatic rings. The second-order valence-corrected chi connectivity index (χ2v) is 8.69. The number of halogens is 1. The lowest BCUT2D eigenvalue weighted by atomic mass is 10.1. The molecule has 1 aliphatic heterocycles. The summed E-state index contributed by atoms with van der Waals surface area (Å²) in [6.45, 7) is 3.96. The van der Waals surface area contributed by atoms with Crippen molar-refractivity contribution in [2.45, 2.75) is 11.4 Å². The molecule has 1 aliphatic rings. The van der Waals surface area contributed by atoms with Gasteiger partial charge in [0.15, 0.2) is 0 Å². The van der Waals surface area contributed by atoms with Gasteiger partial charge in [-0.05, 0) is 42.9 Å². The van der Waals surface area contributed by atoms with E-state index < -0.39 is 15.9 Å². The molecule has 9 heteroatoms. The van der Waals surface area contributed by atoms with Gasteiger partial charge in [-0.15, -0.1) is 0 Å². The van der Waals surface area contributed by atoms with Crippen molar-refractivity contribution in [3.63, 3.8) is 0 Å². The zero-order valence-corrected chi connectivity index (χ0v) is 17.0. The monoisotopic (exact) mass is 423 g/mol. The Morgan fingerprint density at radius 2 is 1.93 bits per heavy atom. The van der Waals surface area contributed by atoms with Crippen molar-refractivity contribution in [2.75, 3.05) is 38.7 Å². The highest BCUT2D eigenvalue weighted by molar-refractivity contribution is 7.89. The number of hydrogen-bond donors (Lipinski definition) is 2. The molecule has 0 aromatic heterocycles. The summed E-state index contributed by atoms with van der Waals surface area (Å²) in [5, 5.41) is 2.97. The zero-order chi connectivity index (χ0) is 20.1. The van der Waals surface area contributed by atoms with Crippen molar-refractivity contribution in [1.29, 1.82) is 0 Å². The number of sulfonamides is 1. The van der Waals surface area contributed by atoms with E-state index in [0.29, 0.717) is 5.69 Å². The minimum atomic E-state index is -3.67. The molecule has 1 saturated heterocycles. The van der Waals surface area contributed by atoms with E-state index in [4.69, 9.17) is 16.3 Å². The van der Waals surface area contributed by atoms with Gasteiger partial charge in [0.1, 0.15) is 0 Å². The summed E-state index contributed by atoms with van der Waals surface area (Å²) < 4.78 is 31.5. The van der Waals surface area contributed by atoms with Crippen molar-refractivity contribution >= 4 is 33.2 Å². The average Bonchev–Trinajstić information content (AvgIpc) is 2.69. The third-order valence-corrected chi connectivity index (χ3v) is 6.20. The van der Waals surface area contributed by atoms with Crippen molar-refractivity contribution in [3.8, 4) is 0 Å². The number of benzene rings is 2. The van der Waals surface area contributed by atoms with Crippen LogP contribution in [0.1, 0.15) is 15.9 Å². The Morgan fingerprint density at radius 1 is 1.18 bits per heavy atom. The Labute approximate surface area is 169 Å². The number of ether oxygens (including phenoxy) is 1. The number of hydrogen-bond acceptors (Lipinski definition) is 5. The predicted octanol–water partition coefficient (Wildman–Crippen LogP) is 2.33. The Bertz CT molecular complexity index is 959. The highest BCUT2D eigenvalue weighted by Crippen LogP contribution is 2.22. The number of rotatable bonds is 6. The molecule has 1 amide bonds. The van der Waals surface area contributed by atoms with Crippen molar-refractivity contribution in [1.82, 2.24) is 9.62 Å². The molecule has 0 atom stereocenters. The Morgan fingerprint density at radius 3 is 2.64 bits per heavy atom. The molecule has 2 aromatic carbocycles. The van der Waals surface area contributed by atoms with Crippen LogP contribution in [0.3, 0.4) is 0 Å². The first-order chi connectivity index (χ1) is 13.4. The van der Waals surface area contributed by atoms with Gasteiger partial charge in [0.05, 0.1) is 28.7 Å². The third-order valence-electron chi connectivity index (χ3n) is 4.46. The summed E-state index contributed by atoms with van der Waals surface area (Å²) in [6.07, 6.45) is 0. The van der Waals surface area contributed by atoms with Crippen LogP contribution >= 0.6 is 11.6 Å². The Kier molecular flexibility index (Phi) is 6.69. The third kappa shape index (κ3) is 5.09. The van der Waals surface area contributed by atoms with Crippen LogP contribution in [-0.4, -0.2) is 52.6 Å². The largest absolute Gasteiger partial charge is 0.379 e. The maximum atomic E-state index is 12.7. The molecule has 0 spiro atoms. The number of nitrogens with one attached hydrogen (secondary N) is 2. The lowest BCUT2D eigenvalue weighted by molar-refractivity contribution is 0.0342. The summed E-state index contributed by atoms with van der Waals surface area (Å²) in [5.74, 6) is -0.471. The van der Waals surface area contributed by atoms with E-state index in [1.54, 1.807) is 6.07 Å². The number of morpholine rings is 1. The van der Waals surface area contributed by atoms with Crippen molar-refractivity contribution in [2.24, 2.45) is 0 Å². The smallest absolute Gasteiger partial charge is 0.257 e. The molecule has 0 radical (unpaired) electrons.